The quantitative estimate of drug-likeness (QED) is 0.593. The molecule has 2 rings (SSSR count). The molecule has 0 fully saturated rings. The number of para-hydroxylation sites is 1. The molecule has 0 saturated heterocycles. The van der Waals surface area contributed by atoms with Crippen LogP contribution in [0, 0.1) is 0 Å². The van der Waals surface area contributed by atoms with E-state index >= 15 is 0 Å². The van der Waals surface area contributed by atoms with Gasteiger partial charge in [0.15, 0.2) is 5.75 Å². The first-order valence-electron chi connectivity index (χ1n) is 4.38. The molecule has 0 radical (unpaired) electrons. The Labute approximate surface area is 92.7 Å². The molecule has 0 aliphatic carbocycles. The van der Waals surface area contributed by atoms with E-state index in [1.54, 1.807) is 0 Å². The van der Waals surface area contributed by atoms with Crippen molar-refractivity contribution in [3.63, 3.8) is 0 Å². The van der Waals surface area contributed by atoms with Gasteiger partial charge < -0.3 is 15.4 Å². The zero-order valence-corrected chi connectivity index (χ0v) is 8.19. The van der Waals surface area contributed by atoms with Gasteiger partial charge in [-0.25, -0.2) is 0 Å². The van der Waals surface area contributed by atoms with Gasteiger partial charge in [-0.05, 0) is 12.1 Å². The average Bonchev–Trinajstić information content (AvgIpc) is 2.70. The van der Waals surface area contributed by atoms with Crippen LogP contribution in [0.3, 0.4) is 0 Å². The Hall–Kier alpha value is -2.25. The highest BCUT2D eigenvalue weighted by Gasteiger charge is 2.37. The molecule has 0 atom stereocenters. The molecule has 1 heterocycles. The molecule has 8 heteroatoms. The maximum absolute atomic E-state index is 12.2. The van der Waals surface area contributed by atoms with Crippen LogP contribution in [0.1, 0.15) is 5.82 Å². The predicted molar refractivity (Wildman–Crippen MR) is 50.8 cm³/mol. The Balaban J connectivity index is 2.48. The maximum Gasteiger partial charge on any atom is 0.455 e. The van der Waals surface area contributed by atoms with Gasteiger partial charge >= 0.3 is 6.18 Å². The smallest absolute Gasteiger partial charge is 0.455 e. The van der Waals surface area contributed by atoms with Crippen LogP contribution >= 0.6 is 0 Å². The van der Waals surface area contributed by atoms with Gasteiger partial charge in [0.2, 0.25) is 0 Å². The molecule has 0 unspecified atom stereocenters. The van der Waals surface area contributed by atoms with Crippen molar-refractivity contribution >= 4 is 5.69 Å². The van der Waals surface area contributed by atoms with E-state index in [-0.39, 0.29) is 11.3 Å². The zero-order valence-electron chi connectivity index (χ0n) is 8.19. The molecule has 90 valence electrons. The highest BCUT2D eigenvalue weighted by molar-refractivity contribution is 5.71. The fourth-order valence-electron chi connectivity index (χ4n) is 1.18. The third-order valence-corrected chi connectivity index (χ3v) is 1.98. The Morgan fingerprint density at radius 2 is 2.00 bits per heavy atom. The molecule has 2 aromatic rings. The van der Waals surface area contributed by atoms with Crippen LogP contribution in [-0.2, 0) is 6.18 Å². The first-order chi connectivity index (χ1) is 7.89. The monoisotopic (exact) mass is 245 g/mol. The van der Waals surface area contributed by atoms with E-state index in [4.69, 9.17) is 5.73 Å². The van der Waals surface area contributed by atoms with Crippen LogP contribution in [0.5, 0.6) is 5.75 Å². The third-order valence-electron chi connectivity index (χ3n) is 1.98. The van der Waals surface area contributed by atoms with Crippen LogP contribution < -0.4 is 5.73 Å². The fourth-order valence-corrected chi connectivity index (χ4v) is 1.18. The van der Waals surface area contributed by atoms with Crippen molar-refractivity contribution in [1.29, 1.82) is 0 Å². The Bertz CT molecular complexity index is 551. The number of aromatic hydroxyl groups is 1. The number of phenols is 1. The van der Waals surface area contributed by atoms with Crippen molar-refractivity contribution < 1.29 is 22.8 Å². The van der Waals surface area contributed by atoms with E-state index in [1.807, 2.05) is 0 Å². The Kier molecular flexibility index (Phi) is 2.41. The van der Waals surface area contributed by atoms with E-state index in [1.165, 1.54) is 18.2 Å². The normalized spacial score (nSPS) is 11.7. The number of nitrogens with two attached hydrogens (primary N) is 1. The minimum absolute atomic E-state index is 0.00857. The highest BCUT2D eigenvalue weighted by Crippen LogP contribution is 2.34. The number of nitrogens with zero attached hydrogens (tertiary/aromatic N) is 2. The average molecular weight is 245 g/mol. The van der Waals surface area contributed by atoms with Crippen molar-refractivity contribution in [3.8, 4) is 17.2 Å². The zero-order chi connectivity index (χ0) is 12.6. The number of nitrogen functional groups attached to an aromatic ring is 1. The molecule has 0 amide bonds. The second-order valence-electron chi connectivity index (χ2n) is 3.16. The van der Waals surface area contributed by atoms with Gasteiger partial charge in [0, 0.05) is 0 Å². The number of phenolic OH excluding ortho intramolecular Hbond substituents is 1. The number of hydrogen-bond donors (Lipinski definition) is 2. The molecule has 17 heavy (non-hydrogen) atoms. The molecule has 5 nitrogen and oxygen atoms in total. The van der Waals surface area contributed by atoms with Crippen LogP contribution in [0.4, 0.5) is 18.9 Å². The van der Waals surface area contributed by atoms with Crippen molar-refractivity contribution in [3.05, 3.63) is 24.0 Å². The van der Waals surface area contributed by atoms with Gasteiger partial charge in [0.05, 0.1) is 11.3 Å². The number of benzene rings is 1. The number of hydrogen-bond acceptors (Lipinski definition) is 5. The minimum Gasteiger partial charge on any atom is -0.505 e. The first kappa shape index (κ1) is 11.2. The van der Waals surface area contributed by atoms with Crippen LogP contribution in [-0.4, -0.2) is 15.2 Å². The summed E-state index contributed by atoms with van der Waals surface area (Å²) >= 11 is 0. The van der Waals surface area contributed by atoms with Crippen LogP contribution in [0.15, 0.2) is 22.7 Å². The largest absolute Gasteiger partial charge is 0.505 e. The second kappa shape index (κ2) is 3.65. The SMILES string of the molecule is Nc1cccc(-c2nc(C(F)(F)F)no2)c1O. The molecular formula is C9H6F3N3O2. The van der Waals surface area contributed by atoms with Gasteiger partial charge in [-0.3, -0.25) is 0 Å². The van der Waals surface area contributed by atoms with Gasteiger partial charge in [-0.15, -0.1) is 0 Å². The second-order valence-corrected chi connectivity index (χ2v) is 3.16. The number of alkyl halides is 3. The summed E-state index contributed by atoms with van der Waals surface area (Å²) in [5, 5.41) is 12.3. The molecule has 0 bridgehead atoms. The van der Waals surface area contributed by atoms with E-state index in [0.29, 0.717) is 0 Å². The third kappa shape index (κ3) is 2.01. The topological polar surface area (TPSA) is 85.2 Å². The lowest BCUT2D eigenvalue weighted by atomic mass is 10.2. The molecule has 0 spiro atoms. The van der Waals surface area contributed by atoms with E-state index in [9.17, 15) is 18.3 Å². The standard InChI is InChI=1S/C9H6F3N3O2/c10-9(11,12)8-14-7(17-15-8)4-2-1-3-5(13)6(4)16/h1-3,16H,13H2. The summed E-state index contributed by atoms with van der Waals surface area (Å²) in [6.45, 7) is 0. The molecule has 1 aromatic carbocycles. The molecular weight excluding hydrogens is 239 g/mol. The Morgan fingerprint density at radius 1 is 1.29 bits per heavy atom. The molecule has 0 aliphatic rings. The summed E-state index contributed by atoms with van der Waals surface area (Å²) < 4.78 is 41.1. The predicted octanol–water partition coefficient (Wildman–Crippen LogP) is 2.04. The van der Waals surface area contributed by atoms with Gasteiger partial charge in [0.25, 0.3) is 11.7 Å². The molecule has 1 aromatic heterocycles. The Morgan fingerprint density at radius 3 is 2.59 bits per heavy atom. The summed E-state index contributed by atoms with van der Waals surface area (Å²) in [6, 6.07) is 4.15. The summed E-state index contributed by atoms with van der Waals surface area (Å²) in [6.07, 6.45) is -4.70. The number of aromatic nitrogens is 2. The summed E-state index contributed by atoms with van der Waals surface area (Å²) in [7, 11) is 0. The summed E-state index contributed by atoms with van der Waals surface area (Å²) in [5.74, 6) is -2.25. The lowest BCUT2D eigenvalue weighted by molar-refractivity contribution is -0.146. The lowest BCUT2D eigenvalue weighted by Crippen LogP contribution is -2.07. The van der Waals surface area contributed by atoms with Crippen molar-refractivity contribution in [1.82, 2.24) is 10.1 Å². The number of anilines is 1. The van der Waals surface area contributed by atoms with Crippen LogP contribution in [0.25, 0.3) is 11.5 Å². The number of halogens is 3. The molecule has 3 N–H and O–H groups in total. The van der Waals surface area contributed by atoms with Crippen molar-refractivity contribution in [2.24, 2.45) is 0 Å². The summed E-state index contributed by atoms with van der Waals surface area (Å²) in [5.41, 5.74) is 5.35. The highest BCUT2D eigenvalue weighted by atomic mass is 19.4. The van der Waals surface area contributed by atoms with Crippen molar-refractivity contribution in [2.45, 2.75) is 6.18 Å². The van der Waals surface area contributed by atoms with Gasteiger partial charge in [-0.2, -0.15) is 18.2 Å². The van der Waals surface area contributed by atoms with E-state index < -0.39 is 23.6 Å². The molecule has 0 saturated carbocycles. The van der Waals surface area contributed by atoms with E-state index in [0.717, 1.165) is 0 Å². The number of rotatable bonds is 1. The minimum atomic E-state index is -4.70. The van der Waals surface area contributed by atoms with E-state index in [2.05, 4.69) is 14.7 Å². The lowest BCUT2D eigenvalue weighted by Gasteiger charge is -2.01. The van der Waals surface area contributed by atoms with Crippen molar-refractivity contribution in [2.75, 3.05) is 5.73 Å². The molecule has 0 aliphatic heterocycles. The first-order valence-corrected chi connectivity index (χ1v) is 4.38. The van der Waals surface area contributed by atoms with Gasteiger partial charge in [0.1, 0.15) is 0 Å². The maximum atomic E-state index is 12.2. The summed E-state index contributed by atoms with van der Waals surface area (Å²) in [4.78, 5) is 3.14. The van der Waals surface area contributed by atoms with Crippen LogP contribution in [0.2, 0.25) is 0 Å². The van der Waals surface area contributed by atoms with Gasteiger partial charge in [-0.1, -0.05) is 11.2 Å². The fraction of sp³-hybridized carbons (Fsp3) is 0.111.